The highest BCUT2D eigenvalue weighted by atomic mass is 127. The first-order chi connectivity index (χ1) is 13.1. The Balaban J connectivity index is 1.69. The second-order valence-electron chi connectivity index (χ2n) is 6.52. The van der Waals surface area contributed by atoms with E-state index >= 15 is 0 Å². The van der Waals surface area contributed by atoms with Crippen LogP contribution in [0, 0.1) is 0 Å². The Bertz CT molecular complexity index is 888. The highest BCUT2D eigenvalue weighted by Crippen LogP contribution is 2.33. The first-order valence-electron chi connectivity index (χ1n) is 8.83. The van der Waals surface area contributed by atoms with E-state index in [4.69, 9.17) is 9.47 Å². The summed E-state index contributed by atoms with van der Waals surface area (Å²) in [6.07, 6.45) is 3.95. The lowest BCUT2D eigenvalue weighted by molar-refractivity contribution is 0.00648. The number of morpholine rings is 1. The van der Waals surface area contributed by atoms with Gasteiger partial charge in [0.15, 0.2) is 5.72 Å². The van der Waals surface area contributed by atoms with Crippen molar-refractivity contribution in [3.63, 3.8) is 0 Å². The largest absolute Gasteiger partial charge is 0.378 e. The van der Waals surface area contributed by atoms with Crippen molar-refractivity contribution in [3.05, 3.63) is 51.9 Å². The summed E-state index contributed by atoms with van der Waals surface area (Å²) in [6.45, 7) is 3.03. The number of methoxy groups -OCH3 is 1. The molecule has 142 valence electrons. The third-order valence-electron chi connectivity index (χ3n) is 4.77. The van der Waals surface area contributed by atoms with Crippen LogP contribution < -0.4 is 5.32 Å². The second kappa shape index (κ2) is 7.61. The summed E-state index contributed by atoms with van der Waals surface area (Å²) < 4.78 is 14.2. The van der Waals surface area contributed by atoms with Gasteiger partial charge >= 0.3 is 0 Å². The molecule has 1 fully saturated rings. The molecule has 3 heterocycles. The van der Waals surface area contributed by atoms with Crippen LogP contribution in [0.25, 0.3) is 11.3 Å². The fraction of sp³-hybridized carbons (Fsp3) is 0.368. The predicted molar refractivity (Wildman–Crippen MR) is 112 cm³/mol. The summed E-state index contributed by atoms with van der Waals surface area (Å²) in [5.74, 6) is 0.815. The molecule has 4 rings (SSSR count). The summed E-state index contributed by atoms with van der Waals surface area (Å²) in [4.78, 5) is 6.89. The number of hydrogen-bond donors (Lipinski definition) is 1. The van der Waals surface area contributed by atoms with Gasteiger partial charge in [0.2, 0.25) is 5.96 Å². The van der Waals surface area contributed by atoms with Crippen LogP contribution in [-0.2, 0) is 22.2 Å². The van der Waals surface area contributed by atoms with Gasteiger partial charge < -0.3 is 19.7 Å². The van der Waals surface area contributed by atoms with Crippen molar-refractivity contribution in [2.24, 2.45) is 12.0 Å². The van der Waals surface area contributed by atoms with Gasteiger partial charge in [-0.15, -0.1) is 0 Å². The maximum Gasteiger partial charge on any atom is 0.202 e. The molecular formula is C19H22IN5O2. The summed E-state index contributed by atoms with van der Waals surface area (Å²) >= 11 is 2.25. The molecule has 27 heavy (non-hydrogen) atoms. The van der Waals surface area contributed by atoms with E-state index in [1.54, 1.807) is 11.8 Å². The van der Waals surface area contributed by atoms with E-state index in [2.05, 4.69) is 61.1 Å². The molecule has 0 saturated carbocycles. The van der Waals surface area contributed by atoms with E-state index in [-0.39, 0.29) is 0 Å². The van der Waals surface area contributed by atoms with Gasteiger partial charge in [-0.2, -0.15) is 5.10 Å². The van der Waals surface area contributed by atoms with Crippen molar-refractivity contribution in [1.29, 1.82) is 0 Å². The molecule has 1 unspecified atom stereocenters. The number of rotatable bonds is 3. The van der Waals surface area contributed by atoms with Gasteiger partial charge in [-0.3, -0.25) is 4.68 Å². The summed E-state index contributed by atoms with van der Waals surface area (Å²) in [6, 6.07) is 10.3. The first-order valence-corrected chi connectivity index (χ1v) is 9.91. The molecular weight excluding hydrogens is 457 g/mol. The molecule has 8 heteroatoms. The monoisotopic (exact) mass is 479 g/mol. The summed E-state index contributed by atoms with van der Waals surface area (Å²) in [5.41, 5.74) is 2.20. The molecule has 7 nitrogen and oxygen atoms in total. The van der Waals surface area contributed by atoms with Gasteiger partial charge in [0.1, 0.15) is 3.70 Å². The molecule has 1 N–H and O–H groups in total. The minimum Gasteiger partial charge on any atom is -0.378 e. The molecule has 1 saturated heterocycles. The molecule has 0 spiro atoms. The highest BCUT2D eigenvalue weighted by Gasteiger charge is 2.36. The molecule has 2 aliphatic rings. The van der Waals surface area contributed by atoms with E-state index in [0.29, 0.717) is 13.2 Å². The van der Waals surface area contributed by atoms with Crippen molar-refractivity contribution in [2.75, 3.05) is 33.4 Å². The number of benzene rings is 1. The number of nitrogens with zero attached hydrogens (tertiary/aromatic N) is 4. The lowest BCUT2D eigenvalue weighted by atomic mass is 9.98. The number of hydrogen-bond acceptors (Lipinski definition) is 6. The van der Waals surface area contributed by atoms with E-state index in [1.165, 1.54) is 0 Å². The van der Waals surface area contributed by atoms with Crippen LogP contribution in [0.1, 0.15) is 5.56 Å². The molecule has 0 amide bonds. The van der Waals surface area contributed by atoms with Gasteiger partial charge in [0.05, 0.1) is 18.9 Å². The van der Waals surface area contributed by atoms with Crippen LogP contribution in [0.5, 0.6) is 0 Å². The summed E-state index contributed by atoms with van der Waals surface area (Å²) in [7, 11) is 3.63. The van der Waals surface area contributed by atoms with Crippen LogP contribution in [-0.4, -0.2) is 54.1 Å². The maximum absolute atomic E-state index is 6.00. The Labute approximate surface area is 172 Å². The number of ether oxygens (including phenoxy) is 2. The molecule has 1 aromatic heterocycles. The number of aliphatic imine (C=N–C) groups is 1. The van der Waals surface area contributed by atoms with Crippen molar-refractivity contribution in [2.45, 2.75) is 5.72 Å². The predicted octanol–water partition coefficient (Wildman–Crippen LogP) is 2.45. The van der Waals surface area contributed by atoms with Gasteiger partial charge in [-0.25, -0.2) is 4.99 Å². The fourth-order valence-corrected chi connectivity index (χ4v) is 3.99. The lowest BCUT2D eigenvalue weighted by Gasteiger charge is -2.39. The third kappa shape index (κ3) is 3.74. The Hall–Kier alpha value is -1.91. The molecule has 0 radical (unpaired) electrons. The molecule has 1 atom stereocenters. The van der Waals surface area contributed by atoms with Crippen LogP contribution in [0.15, 0.2) is 51.3 Å². The number of guanidine groups is 1. The second-order valence-corrected chi connectivity index (χ2v) is 7.63. The van der Waals surface area contributed by atoms with Crippen LogP contribution in [0.4, 0.5) is 0 Å². The lowest BCUT2D eigenvalue weighted by Crippen LogP contribution is -2.56. The van der Waals surface area contributed by atoms with Gasteiger partial charge in [0, 0.05) is 50.6 Å². The number of aromatic nitrogens is 2. The normalized spacial score (nSPS) is 22.9. The van der Waals surface area contributed by atoms with Crippen LogP contribution >= 0.6 is 22.6 Å². The quantitative estimate of drug-likeness (QED) is 0.542. The van der Waals surface area contributed by atoms with Crippen LogP contribution in [0.3, 0.4) is 0 Å². The fourth-order valence-electron chi connectivity index (χ4n) is 3.32. The van der Waals surface area contributed by atoms with Gasteiger partial charge in [0.25, 0.3) is 0 Å². The highest BCUT2D eigenvalue weighted by molar-refractivity contribution is 14.1. The van der Waals surface area contributed by atoms with Gasteiger partial charge in [-0.05, 0) is 34.7 Å². The molecule has 1 aromatic carbocycles. The van der Waals surface area contributed by atoms with E-state index in [9.17, 15) is 0 Å². The zero-order valence-corrected chi connectivity index (χ0v) is 17.5. The average molecular weight is 479 g/mol. The topological polar surface area (TPSA) is 63.9 Å². The Morgan fingerprint density at radius 3 is 2.78 bits per heavy atom. The maximum atomic E-state index is 6.00. The first kappa shape index (κ1) is 18.5. The molecule has 0 bridgehead atoms. The average Bonchev–Trinajstić information content (AvgIpc) is 3.14. The standard InChI is InChI=1S/C19H22IN5O2/c1-24-7-6-16(23-24)14-4-3-5-15(12-14)19(26-2)13-17(20)21-18(22-19)25-8-10-27-11-9-25/h3-7,12-13H,8-11H2,1-2H3,(H,21,22). The number of aryl methyl sites for hydroxylation is 1. The number of halogens is 1. The zero-order valence-electron chi connectivity index (χ0n) is 15.4. The van der Waals surface area contributed by atoms with Crippen LogP contribution in [0.2, 0.25) is 0 Å². The Morgan fingerprint density at radius 2 is 2.07 bits per heavy atom. The van der Waals surface area contributed by atoms with E-state index in [0.717, 1.165) is 39.6 Å². The molecule has 0 aliphatic carbocycles. The third-order valence-corrected chi connectivity index (χ3v) is 5.32. The van der Waals surface area contributed by atoms with Crippen molar-refractivity contribution >= 4 is 28.6 Å². The van der Waals surface area contributed by atoms with Gasteiger partial charge in [-0.1, -0.05) is 18.2 Å². The Morgan fingerprint density at radius 1 is 1.26 bits per heavy atom. The Kier molecular flexibility index (Phi) is 5.20. The molecule has 2 aromatic rings. The zero-order chi connectivity index (χ0) is 18.9. The SMILES string of the molecule is COC1(c2cccc(-c3ccn(C)n3)c2)C=C(I)N=C(N2CCOCC2)N1. The van der Waals surface area contributed by atoms with Crippen molar-refractivity contribution in [1.82, 2.24) is 20.0 Å². The molecule has 2 aliphatic heterocycles. The summed E-state index contributed by atoms with van der Waals surface area (Å²) in [5, 5.41) is 8.02. The van der Waals surface area contributed by atoms with E-state index < -0.39 is 5.72 Å². The minimum atomic E-state index is -0.781. The van der Waals surface area contributed by atoms with Crippen molar-refractivity contribution < 1.29 is 9.47 Å². The van der Waals surface area contributed by atoms with Crippen molar-refractivity contribution in [3.8, 4) is 11.3 Å². The number of nitrogens with one attached hydrogen (secondary N) is 1. The van der Waals surface area contributed by atoms with E-state index in [1.807, 2.05) is 31.5 Å². The smallest absolute Gasteiger partial charge is 0.202 e. The minimum absolute atomic E-state index is 0.705.